The minimum atomic E-state index is -3.94. The van der Waals surface area contributed by atoms with Crippen LogP contribution in [0, 0.1) is 17.0 Å². The van der Waals surface area contributed by atoms with E-state index in [1.54, 1.807) is 6.92 Å². The lowest BCUT2D eigenvalue weighted by molar-refractivity contribution is -0.385. The number of aromatic carboxylic acids is 1. The van der Waals surface area contributed by atoms with Crippen molar-refractivity contribution in [3.8, 4) is 0 Å². The fourth-order valence-corrected chi connectivity index (χ4v) is 3.29. The van der Waals surface area contributed by atoms with Gasteiger partial charge >= 0.3 is 5.97 Å². The van der Waals surface area contributed by atoms with Gasteiger partial charge in [0.15, 0.2) is 0 Å². The van der Waals surface area contributed by atoms with E-state index >= 15 is 0 Å². The Kier molecular flexibility index (Phi) is 4.96. The van der Waals surface area contributed by atoms with Crippen LogP contribution >= 0.6 is 0 Å². The molecular weight excluding hydrogens is 336 g/mol. The van der Waals surface area contributed by atoms with Crippen LogP contribution in [0.5, 0.6) is 0 Å². The van der Waals surface area contributed by atoms with E-state index in [0.29, 0.717) is 11.1 Å². The molecule has 0 atom stereocenters. The summed E-state index contributed by atoms with van der Waals surface area (Å²) in [5.74, 6) is -1.07. The molecule has 0 saturated heterocycles. The van der Waals surface area contributed by atoms with Crippen molar-refractivity contribution < 1.29 is 23.2 Å². The molecule has 126 valence electrons. The summed E-state index contributed by atoms with van der Waals surface area (Å²) in [7, 11) is -3.94. The van der Waals surface area contributed by atoms with Gasteiger partial charge in [-0.1, -0.05) is 18.2 Å². The Labute approximate surface area is 138 Å². The molecule has 0 heterocycles. The molecule has 0 fully saturated rings. The van der Waals surface area contributed by atoms with Gasteiger partial charge in [0, 0.05) is 18.7 Å². The smallest absolute Gasteiger partial charge is 0.335 e. The van der Waals surface area contributed by atoms with E-state index in [1.807, 2.05) is 0 Å². The highest BCUT2D eigenvalue weighted by molar-refractivity contribution is 7.89. The normalized spacial score (nSPS) is 11.2. The maximum absolute atomic E-state index is 12.3. The first-order valence-electron chi connectivity index (χ1n) is 6.77. The average Bonchev–Trinajstić information content (AvgIpc) is 2.53. The summed E-state index contributed by atoms with van der Waals surface area (Å²) >= 11 is 0. The highest BCUT2D eigenvalue weighted by Crippen LogP contribution is 2.21. The van der Waals surface area contributed by atoms with Crippen LogP contribution < -0.4 is 4.72 Å². The highest BCUT2D eigenvalue weighted by Gasteiger charge is 2.20. The number of aryl methyl sites for hydroxylation is 1. The third kappa shape index (κ3) is 3.94. The molecule has 2 N–H and O–H groups in total. The number of nitro benzene ring substituents is 1. The quantitative estimate of drug-likeness (QED) is 0.606. The monoisotopic (exact) mass is 350 g/mol. The summed E-state index contributed by atoms with van der Waals surface area (Å²) in [6, 6.07) is 9.33. The number of sulfonamides is 1. The van der Waals surface area contributed by atoms with Crippen molar-refractivity contribution >= 4 is 21.7 Å². The predicted octanol–water partition coefficient (Wildman–Crippen LogP) is 2.08. The molecule has 0 aliphatic rings. The number of carbonyl (C=O) groups is 1. The molecule has 9 heteroatoms. The number of nitrogens with one attached hydrogen (secondary N) is 1. The lowest BCUT2D eigenvalue weighted by atomic mass is 10.1. The molecule has 8 nitrogen and oxygen atoms in total. The number of rotatable bonds is 6. The minimum Gasteiger partial charge on any atom is -0.478 e. The van der Waals surface area contributed by atoms with Crippen LogP contribution in [0.4, 0.5) is 5.69 Å². The molecule has 0 spiro atoms. The van der Waals surface area contributed by atoms with Crippen molar-refractivity contribution in [3.63, 3.8) is 0 Å². The Morgan fingerprint density at radius 3 is 2.38 bits per heavy atom. The molecule has 0 aliphatic carbocycles. The summed E-state index contributed by atoms with van der Waals surface area (Å²) in [6.07, 6.45) is 0. The first kappa shape index (κ1) is 17.6. The summed E-state index contributed by atoms with van der Waals surface area (Å²) in [5, 5.41) is 19.6. The Balaban J connectivity index is 2.21. The molecule has 0 bridgehead atoms. The molecule has 0 saturated carbocycles. The predicted molar refractivity (Wildman–Crippen MR) is 85.3 cm³/mol. The van der Waals surface area contributed by atoms with Gasteiger partial charge in [-0.2, -0.15) is 0 Å². The minimum absolute atomic E-state index is 0.0651. The summed E-state index contributed by atoms with van der Waals surface area (Å²) in [4.78, 5) is 20.7. The second kappa shape index (κ2) is 6.77. The second-order valence-corrected chi connectivity index (χ2v) is 6.77. The molecule has 0 radical (unpaired) electrons. The molecule has 0 aliphatic heterocycles. The highest BCUT2D eigenvalue weighted by atomic mass is 32.2. The Morgan fingerprint density at radius 1 is 1.21 bits per heavy atom. The van der Waals surface area contributed by atoms with Gasteiger partial charge in [0.2, 0.25) is 10.0 Å². The molecular formula is C15H14N2O6S. The number of hydrogen-bond acceptors (Lipinski definition) is 5. The van der Waals surface area contributed by atoms with Crippen LogP contribution in [0.1, 0.15) is 21.5 Å². The van der Waals surface area contributed by atoms with Gasteiger partial charge in [0.05, 0.1) is 15.4 Å². The first-order valence-corrected chi connectivity index (χ1v) is 8.26. The second-order valence-electron chi connectivity index (χ2n) is 5.03. The molecule has 2 aromatic rings. The van der Waals surface area contributed by atoms with Crippen molar-refractivity contribution in [2.45, 2.75) is 18.4 Å². The van der Waals surface area contributed by atoms with E-state index < -0.39 is 20.9 Å². The van der Waals surface area contributed by atoms with Gasteiger partial charge in [0.1, 0.15) is 0 Å². The summed E-state index contributed by atoms with van der Waals surface area (Å²) in [5.41, 5.74) is 0.726. The van der Waals surface area contributed by atoms with Gasteiger partial charge in [-0.25, -0.2) is 17.9 Å². The summed E-state index contributed by atoms with van der Waals surface area (Å²) in [6.45, 7) is 1.48. The third-order valence-corrected chi connectivity index (χ3v) is 4.88. The lowest BCUT2D eigenvalue weighted by Gasteiger charge is -2.09. The van der Waals surface area contributed by atoms with Crippen LogP contribution in [0.2, 0.25) is 0 Å². The Bertz CT molecular complexity index is 891. The topological polar surface area (TPSA) is 127 Å². The van der Waals surface area contributed by atoms with Gasteiger partial charge in [-0.3, -0.25) is 10.1 Å². The lowest BCUT2D eigenvalue weighted by Crippen LogP contribution is -2.24. The van der Waals surface area contributed by atoms with Crippen LogP contribution in [-0.4, -0.2) is 24.4 Å². The van der Waals surface area contributed by atoms with Crippen molar-refractivity contribution in [1.29, 1.82) is 0 Å². The van der Waals surface area contributed by atoms with E-state index in [1.165, 1.54) is 36.4 Å². The standard InChI is InChI=1S/C15H14N2O6S/c1-10-2-7-13(17(20)21)8-14(10)24(22,23)16-9-11-3-5-12(6-4-11)15(18)19/h2-8,16H,9H2,1H3,(H,18,19). The molecule has 0 amide bonds. The van der Waals surface area contributed by atoms with Crippen LogP contribution in [0.3, 0.4) is 0 Å². The number of carboxylic acids is 1. The van der Waals surface area contributed by atoms with Crippen LogP contribution in [0.15, 0.2) is 47.4 Å². The Morgan fingerprint density at radius 2 is 1.83 bits per heavy atom. The number of carboxylic acid groups (broad SMARTS) is 1. The number of hydrogen-bond donors (Lipinski definition) is 2. The number of nitro groups is 1. The van der Waals surface area contributed by atoms with Gasteiger partial charge < -0.3 is 5.11 Å². The van der Waals surface area contributed by atoms with Gasteiger partial charge in [-0.15, -0.1) is 0 Å². The average molecular weight is 350 g/mol. The van der Waals surface area contributed by atoms with E-state index in [0.717, 1.165) is 6.07 Å². The van der Waals surface area contributed by atoms with Gasteiger partial charge in [0.25, 0.3) is 5.69 Å². The van der Waals surface area contributed by atoms with E-state index in [-0.39, 0.29) is 22.7 Å². The maximum Gasteiger partial charge on any atom is 0.335 e. The van der Waals surface area contributed by atoms with Crippen molar-refractivity contribution in [2.24, 2.45) is 0 Å². The number of non-ortho nitro benzene ring substituents is 1. The number of nitrogens with zero attached hydrogens (tertiary/aromatic N) is 1. The zero-order valence-corrected chi connectivity index (χ0v) is 13.4. The Hall–Kier alpha value is -2.78. The van der Waals surface area contributed by atoms with E-state index in [4.69, 9.17) is 5.11 Å². The van der Waals surface area contributed by atoms with Crippen molar-refractivity contribution in [1.82, 2.24) is 4.72 Å². The SMILES string of the molecule is Cc1ccc([N+](=O)[O-])cc1S(=O)(=O)NCc1ccc(C(=O)O)cc1. The molecule has 24 heavy (non-hydrogen) atoms. The molecule has 2 aromatic carbocycles. The van der Waals surface area contributed by atoms with E-state index in [2.05, 4.69) is 4.72 Å². The van der Waals surface area contributed by atoms with Crippen molar-refractivity contribution in [3.05, 3.63) is 69.3 Å². The molecule has 0 aromatic heterocycles. The zero-order chi connectivity index (χ0) is 17.9. The molecule has 0 unspecified atom stereocenters. The van der Waals surface area contributed by atoms with Crippen LogP contribution in [-0.2, 0) is 16.6 Å². The molecule has 2 rings (SSSR count). The first-order chi connectivity index (χ1) is 11.2. The van der Waals surface area contributed by atoms with Gasteiger partial charge in [-0.05, 0) is 30.2 Å². The van der Waals surface area contributed by atoms with Crippen LogP contribution in [0.25, 0.3) is 0 Å². The fourth-order valence-electron chi connectivity index (χ4n) is 2.01. The number of benzene rings is 2. The maximum atomic E-state index is 12.3. The fraction of sp³-hybridized carbons (Fsp3) is 0.133. The van der Waals surface area contributed by atoms with Crippen molar-refractivity contribution in [2.75, 3.05) is 0 Å². The summed E-state index contributed by atoms with van der Waals surface area (Å²) < 4.78 is 27.0. The van der Waals surface area contributed by atoms with E-state index in [9.17, 15) is 23.3 Å². The largest absolute Gasteiger partial charge is 0.478 e. The zero-order valence-electron chi connectivity index (χ0n) is 12.6. The third-order valence-electron chi connectivity index (χ3n) is 3.34.